The molecule has 2 aromatic heterocycles. The van der Waals surface area contributed by atoms with Crippen molar-refractivity contribution in [2.24, 2.45) is 0 Å². The van der Waals surface area contributed by atoms with Gasteiger partial charge in [-0.2, -0.15) is 18.3 Å². The maximum absolute atomic E-state index is 13.4. The van der Waals surface area contributed by atoms with E-state index >= 15 is 0 Å². The average molecular weight is 411 g/mol. The summed E-state index contributed by atoms with van der Waals surface area (Å²) in [6.07, 6.45) is -2.17. The molecule has 2 amide bonds. The predicted molar refractivity (Wildman–Crippen MR) is 96.0 cm³/mol. The lowest BCUT2D eigenvalue weighted by atomic mass is 9.84. The highest BCUT2D eigenvalue weighted by atomic mass is 19.4. The molecule has 2 N–H and O–H groups in total. The Morgan fingerprint density at radius 2 is 2.21 bits per heavy atom. The van der Waals surface area contributed by atoms with E-state index < -0.39 is 24.0 Å². The molecule has 2 aromatic rings. The summed E-state index contributed by atoms with van der Waals surface area (Å²) in [5.74, 6) is -0.476. The van der Waals surface area contributed by atoms with E-state index in [0.29, 0.717) is 5.56 Å². The zero-order chi connectivity index (χ0) is 21.2. The lowest BCUT2D eigenvalue weighted by molar-refractivity contribution is -0.142. The van der Waals surface area contributed by atoms with Crippen molar-refractivity contribution in [3.05, 3.63) is 41.3 Å². The van der Waals surface area contributed by atoms with Gasteiger partial charge in [-0.1, -0.05) is 0 Å². The van der Waals surface area contributed by atoms with E-state index in [2.05, 4.69) is 25.5 Å². The van der Waals surface area contributed by atoms with Crippen molar-refractivity contribution < 1.29 is 27.5 Å². The number of alkyl halides is 3. The molecule has 29 heavy (non-hydrogen) atoms. The number of hydrogen-bond acceptors (Lipinski definition) is 5. The third-order valence-corrected chi connectivity index (χ3v) is 4.72. The molecule has 3 rings (SSSR count). The number of aryl methyl sites for hydroxylation is 1. The molecule has 0 spiro atoms. The van der Waals surface area contributed by atoms with E-state index in [0.717, 1.165) is 0 Å². The van der Waals surface area contributed by atoms with E-state index in [1.165, 1.54) is 24.2 Å². The number of nitrogens with zero attached hydrogens (tertiary/aromatic N) is 3. The number of rotatable bonds is 4. The largest absolute Gasteiger partial charge is 0.453 e. The van der Waals surface area contributed by atoms with E-state index in [1.54, 1.807) is 19.1 Å². The fourth-order valence-corrected chi connectivity index (χ4v) is 3.36. The van der Waals surface area contributed by atoms with Crippen LogP contribution in [0.25, 0.3) is 0 Å². The molecule has 11 heteroatoms. The van der Waals surface area contributed by atoms with Crippen molar-refractivity contribution in [1.29, 1.82) is 0 Å². The quantitative estimate of drug-likeness (QED) is 0.805. The highest BCUT2D eigenvalue weighted by molar-refractivity contribution is 5.83. The Labute approximate surface area is 164 Å². The molecule has 0 radical (unpaired) electrons. The van der Waals surface area contributed by atoms with Gasteiger partial charge < -0.3 is 10.1 Å². The van der Waals surface area contributed by atoms with Crippen LogP contribution >= 0.6 is 0 Å². The highest BCUT2D eigenvalue weighted by Gasteiger charge is 2.41. The number of carbonyl (C=O) groups excluding carboxylic acids is 2. The van der Waals surface area contributed by atoms with Gasteiger partial charge in [-0.3, -0.25) is 14.8 Å². The topological polar surface area (TPSA) is 98.1 Å². The molecule has 156 valence electrons. The Morgan fingerprint density at radius 3 is 2.86 bits per heavy atom. The zero-order valence-electron chi connectivity index (χ0n) is 15.8. The van der Waals surface area contributed by atoms with Crippen LogP contribution in [0.5, 0.6) is 0 Å². The first-order valence-electron chi connectivity index (χ1n) is 8.96. The second-order valence-corrected chi connectivity index (χ2v) is 6.63. The molecule has 1 aliphatic heterocycles. The summed E-state index contributed by atoms with van der Waals surface area (Å²) in [6, 6.07) is 2.42. The van der Waals surface area contributed by atoms with Crippen molar-refractivity contribution in [3.8, 4) is 0 Å². The minimum absolute atomic E-state index is 0.0561. The van der Waals surface area contributed by atoms with E-state index in [1.807, 2.05) is 0 Å². The third kappa shape index (κ3) is 4.66. The maximum atomic E-state index is 13.4. The van der Waals surface area contributed by atoms with E-state index in [-0.39, 0.29) is 42.6 Å². The molecule has 0 aromatic carbocycles. The Bertz CT molecular complexity index is 912. The summed E-state index contributed by atoms with van der Waals surface area (Å²) in [4.78, 5) is 27.6. The van der Waals surface area contributed by atoms with Gasteiger partial charge in [0.1, 0.15) is 5.82 Å². The molecule has 2 unspecified atom stereocenters. The first-order valence-corrected chi connectivity index (χ1v) is 8.96. The predicted octanol–water partition coefficient (Wildman–Crippen LogP) is 3.23. The number of ether oxygens (including phenoxy) is 1. The summed E-state index contributed by atoms with van der Waals surface area (Å²) in [7, 11) is 1.21. The van der Waals surface area contributed by atoms with Crippen molar-refractivity contribution in [2.45, 2.75) is 44.4 Å². The Morgan fingerprint density at radius 1 is 1.45 bits per heavy atom. The molecule has 8 nitrogen and oxygen atoms in total. The molecule has 3 heterocycles. The zero-order valence-corrected chi connectivity index (χ0v) is 15.8. The summed E-state index contributed by atoms with van der Waals surface area (Å²) in [5, 5.41) is 8.69. The number of aromatic nitrogens is 3. The first kappa shape index (κ1) is 20.6. The molecule has 1 saturated heterocycles. The smallest absolute Gasteiger partial charge is 0.435 e. The van der Waals surface area contributed by atoms with Crippen LogP contribution in [0.4, 0.5) is 23.8 Å². The summed E-state index contributed by atoms with van der Waals surface area (Å²) in [6.45, 7) is 1.96. The monoisotopic (exact) mass is 411 g/mol. The number of halogens is 3. The molecule has 2 atom stereocenters. The molecular weight excluding hydrogens is 391 g/mol. The standard InChI is InChI=1S/C18H20F3N5O3/c1-3-26-9-12(16(25-26)18(19,20)21)13-6-11(8-15(27)23-13)10-4-5-22-14(7-10)24-17(28)29-2/h4-5,7,9,11,13H,3,6,8H2,1-2H3,(H,23,27)(H,22,24,28). The number of anilines is 1. The van der Waals surface area contributed by atoms with Crippen LogP contribution in [0, 0.1) is 0 Å². The van der Waals surface area contributed by atoms with Gasteiger partial charge in [0.25, 0.3) is 0 Å². The lowest BCUT2D eigenvalue weighted by Crippen LogP contribution is -2.36. The van der Waals surface area contributed by atoms with Gasteiger partial charge in [0.2, 0.25) is 5.91 Å². The SMILES string of the molecule is CCn1cc(C2CC(c3ccnc(NC(=O)OC)c3)CC(=O)N2)c(C(F)(F)F)n1. The van der Waals surface area contributed by atoms with Crippen molar-refractivity contribution >= 4 is 17.8 Å². The Hall–Kier alpha value is -3.11. The van der Waals surface area contributed by atoms with Gasteiger partial charge >= 0.3 is 12.3 Å². The van der Waals surface area contributed by atoms with Gasteiger partial charge in [-0.25, -0.2) is 9.78 Å². The summed E-state index contributed by atoms with van der Waals surface area (Å²) >= 11 is 0. The second kappa shape index (κ2) is 8.10. The number of hydrogen-bond donors (Lipinski definition) is 2. The molecular formula is C18H20F3N5O3. The lowest BCUT2D eigenvalue weighted by Gasteiger charge is -2.30. The molecule has 1 fully saturated rings. The summed E-state index contributed by atoms with van der Waals surface area (Å²) in [5.41, 5.74) is -0.366. The van der Waals surface area contributed by atoms with Gasteiger partial charge in [0, 0.05) is 30.9 Å². The fourth-order valence-electron chi connectivity index (χ4n) is 3.36. The first-order chi connectivity index (χ1) is 13.7. The number of carbonyl (C=O) groups is 2. The van der Waals surface area contributed by atoms with Crippen LogP contribution in [-0.4, -0.2) is 33.9 Å². The highest BCUT2D eigenvalue weighted by Crippen LogP contribution is 2.40. The van der Waals surface area contributed by atoms with Crippen LogP contribution in [0.2, 0.25) is 0 Å². The van der Waals surface area contributed by atoms with Crippen LogP contribution < -0.4 is 10.6 Å². The average Bonchev–Trinajstić information content (AvgIpc) is 3.13. The van der Waals surface area contributed by atoms with Gasteiger partial charge in [0.15, 0.2) is 5.69 Å². The number of pyridine rings is 1. The molecule has 0 aliphatic carbocycles. The number of amides is 2. The normalized spacial score (nSPS) is 19.6. The molecule has 0 saturated carbocycles. The molecule has 0 bridgehead atoms. The van der Waals surface area contributed by atoms with E-state index in [9.17, 15) is 22.8 Å². The Balaban J connectivity index is 1.89. The number of methoxy groups -OCH3 is 1. The number of piperidine rings is 1. The maximum Gasteiger partial charge on any atom is 0.435 e. The van der Waals surface area contributed by atoms with Gasteiger partial charge in [0.05, 0.1) is 13.2 Å². The van der Waals surface area contributed by atoms with Crippen LogP contribution in [0.15, 0.2) is 24.5 Å². The number of nitrogens with one attached hydrogen (secondary N) is 2. The van der Waals surface area contributed by atoms with Crippen LogP contribution in [-0.2, 0) is 22.3 Å². The van der Waals surface area contributed by atoms with Crippen molar-refractivity contribution in [3.63, 3.8) is 0 Å². The van der Waals surface area contributed by atoms with Crippen LogP contribution in [0.3, 0.4) is 0 Å². The van der Waals surface area contributed by atoms with E-state index in [4.69, 9.17) is 0 Å². The molecule has 1 aliphatic rings. The minimum Gasteiger partial charge on any atom is -0.453 e. The minimum atomic E-state index is -4.62. The summed E-state index contributed by atoms with van der Waals surface area (Å²) < 4.78 is 46.0. The third-order valence-electron chi connectivity index (χ3n) is 4.72. The van der Waals surface area contributed by atoms with Crippen molar-refractivity contribution in [1.82, 2.24) is 20.1 Å². The van der Waals surface area contributed by atoms with Crippen LogP contribution in [0.1, 0.15) is 48.5 Å². The van der Waals surface area contributed by atoms with Gasteiger partial charge in [-0.05, 0) is 37.0 Å². The Kier molecular flexibility index (Phi) is 5.76. The fraction of sp³-hybridized carbons (Fsp3) is 0.444. The second-order valence-electron chi connectivity index (χ2n) is 6.63. The van der Waals surface area contributed by atoms with Gasteiger partial charge in [-0.15, -0.1) is 0 Å². The van der Waals surface area contributed by atoms with Crippen molar-refractivity contribution in [2.75, 3.05) is 12.4 Å².